The van der Waals surface area contributed by atoms with Crippen LogP contribution in [0.3, 0.4) is 0 Å². The Balaban J connectivity index is 2.77. The average molecular weight is 197 g/mol. The second kappa shape index (κ2) is 4.48. The van der Waals surface area contributed by atoms with Gasteiger partial charge in [0.15, 0.2) is 4.77 Å². The van der Waals surface area contributed by atoms with Crippen LogP contribution >= 0.6 is 12.2 Å². The Morgan fingerprint density at radius 2 is 2.31 bits per heavy atom. The van der Waals surface area contributed by atoms with Crippen LogP contribution in [0.15, 0.2) is 12.3 Å². The number of hydrogen-bond donors (Lipinski definition) is 2. The zero-order valence-electron chi connectivity index (χ0n) is 7.95. The highest BCUT2D eigenvalue weighted by Crippen LogP contribution is 2.15. The number of nitrogens with one attached hydrogen (secondary N) is 1. The third kappa shape index (κ3) is 3.24. The smallest absolute Gasteiger partial charge is 0.196 e. The van der Waals surface area contributed by atoms with Crippen molar-refractivity contribution < 1.29 is 0 Å². The van der Waals surface area contributed by atoms with E-state index < -0.39 is 0 Å². The van der Waals surface area contributed by atoms with Gasteiger partial charge in [-0.2, -0.15) is 0 Å². The molecule has 13 heavy (non-hydrogen) atoms. The molecule has 0 bridgehead atoms. The molecule has 0 saturated heterocycles. The molecular weight excluding hydrogens is 182 g/mol. The predicted molar refractivity (Wildman–Crippen MR) is 55.8 cm³/mol. The number of nitrogens with two attached hydrogens (primary N) is 1. The van der Waals surface area contributed by atoms with E-state index in [4.69, 9.17) is 18.0 Å². The van der Waals surface area contributed by atoms with E-state index >= 15 is 0 Å². The van der Waals surface area contributed by atoms with Crippen LogP contribution in [0.4, 0.5) is 0 Å². The molecule has 1 rings (SSSR count). The molecule has 0 aliphatic carbocycles. The van der Waals surface area contributed by atoms with E-state index in [2.05, 4.69) is 23.8 Å². The van der Waals surface area contributed by atoms with Crippen molar-refractivity contribution >= 4 is 12.2 Å². The van der Waals surface area contributed by atoms with Crippen molar-refractivity contribution in [3.05, 3.63) is 22.7 Å². The van der Waals surface area contributed by atoms with Gasteiger partial charge in [-0.25, -0.2) is 4.98 Å². The van der Waals surface area contributed by atoms with Crippen LogP contribution < -0.4 is 5.73 Å². The maximum absolute atomic E-state index is 5.96. The molecule has 0 aliphatic rings. The first kappa shape index (κ1) is 10.3. The van der Waals surface area contributed by atoms with E-state index in [1.54, 1.807) is 6.20 Å². The van der Waals surface area contributed by atoms with Gasteiger partial charge in [0.25, 0.3) is 0 Å². The topological polar surface area (TPSA) is 54.7 Å². The molecule has 0 radical (unpaired) electrons. The maximum atomic E-state index is 5.96. The normalized spacial score (nSPS) is 13.2. The van der Waals surface area contributed by atoms with E-state index in [1.165, 1.54) is 0 Å². The molecule has 1 heterocycles. The average Bonchev–Trinajstić information content (AvgIpc) is 2.03. The minimum atomic E-state index is 0.0321. The summed E-state index contributed by atoms with van der Waals surface area (Å²) in [5.74, 6) is 0.588. The zero-order chi connectivity index (χ0) is 9.84. The van der Waals surface area contributed by atoms with Crippen molar-refractivity contribution in [1.29, 1.82) is 0 Å². The minimum absolute atomic E-state index is 0.0321. The first-order chi connectivity index (χ1) is 6.09. The third-order valence-corrected chi connectivity index (χ3v) is 2.03. The highest BCUT2D eigenvalue weighted by molar-refractivity contribution is 7.71. The van der Waals surface area contributed by atoms with Gasteiger partial charge in [0, 0.05) is 17.9 Å². The van der Waals surface area contributed by atoms with Crippen molar-refractivity contribution in [2.45, 2.75) is 26.3 Å². The van der Waals surface area contributed by atoms with Gasteiger partial charge in [0.2, 0.25) is 0 Å². The molecule has 3 nitrogen and oxygen atoms in total. The quantitative estimate of drug-likeness (QED) is 0.730. The Morgan fingerprint density at radius 3 is 2.85 bits per heavy atom. The minimum Gasteiger partial charge on any atom is -0.333 e. The molecule has 0 aromatic carbocycles. The number of aromatic nitrogens is 2. The first-order valence-corrected chi connectivity index (χ1v) is 4.81. The Hall–Kier alpha value is -0.740. The van der Waals surface area contributed by atoms with Crippen LogP contribution in [-0.4, -0.2) is 9.97 Å². The van der Waals surface area contributed by atoms with Crippen LogP contribution in [0, 0.1) is 10.7 Å². The lowest BCUT2D eigenvalue weighted by molar-refractivity contribution is 0.501. The lowest BCUT2D eigenvalue weighted by Gasteiger charge is -2.13. The summed E-state index contributed by atoms with van der Waals surface area (Å²) in [5.41, 5.74) is 6.93. The first-order valence-electron chi connectivity index (χ1n) is 4.40. The van der Waals surface area contributed by atoms with E-state index in [-0.39, 0.29) is 6.04 Å². The number of rotatable bonds is 3. The highest BCUT2D eigenvalue weighted by atomic mass is 32.1. The van der Waals surface area contributed by atoms with E-state index in [1.807, 2.05) is 6.07 Å². The summed E-state index contributed by atoms with van der Waals surface area (Å²) >= 11 is 4.91. The molecule has 0 saturated carbocycles. The fraction of sp³-hybridized carbons (Fsp3) is 0.556. The molecule has 0 fully saturated rings. The van der Waals surface area contributed by atoms with Crippen molar-refractivity contribution in [2.24, 2.45) is 11.7 Å². The second-order valence-corrected chi connectivity index (χ2v) is 3.95. The second-order valence-electron chi connectivity index (χ2n) is 3.57. The van der Waals surface area contributed by atoms with Gasteiger partial charge in [-0.3, -0.25) is 0 Å². The molecular formula is C9H15N3S. The number of aromatic amines is 1. The third-order valence-electron chi connectivity index (χ3n) is 1.82. The molecule has 1 aromatic rings. The molecule has 1 aromatic heterocycles. The van der Waals surface area contributed by atoms with E-state index in [9.17, 15) is 0 Å². The van der Waals surface area contributed by atoms with Gasteiger partial charge in [-0.1, -0.05) is 13.8 Å². The molecule has 0 spiro atoms. The molecule has 72 valence electrons. The van der Waals surface area contributed by atoms with Gasteiger partial charge < -0.3 is 10.7 Å². The summed E-state index contributed by atoms with van der Waals surface area (Å²) in [4.78, 5) is 6.90. The van der Waals surface area contributed by atoms with Crippen molar-refractivity contribution in [3.63, 3.8) is 0 Å². The summed E-state index contributed by atoms with van der Waals surface area (Å²) in [6.45, 7) is 4.30. The van der Waals surface area contributed by atoms with Crippen molar-refractivity contribution in [1.82, 2.24) is 9.97 Å². The summed E-state index contributed by atoms with van der Waals surface area (Å²) < 4.78 is 0.497. The SMILES string of the molecule is CC(C)C[C@@H](N)c1ccnc(=S)[nH]1. The zero-order valence-corrected chi connectivity index (χ0v) is 8.77. The number of nitrogens with zero attached hydrogens (tertiary/aromatic N) is 1. The van der Waals surface area contributed by atoms with E-state index in [0.717, 1.165) is 12.1 Å². The largest absolute Gasteiger partial charge is 0.333 e. The highest BCUT2D eigenvalue weighted by Gasteiger charge is 2.07. The van der Waals surface area contributed by atoms with Crippen molar-refractivity contribution in [3.8, 4) is 0 Å². The van der Waals surface area contributed by atoms with Crippen LogP contribution in [0.2, 0.25) is 0 Å². The van der Waals surface area contributed by atoms with Gasteiger partial charge in [0.1, 0.15) is 0 Å². The van der Waals surface area contributed by atoms with Crippen LogP contribution in [0.5, 0.6) is 0 Å². The summed E-state index contributed by atoms with van der Waals surface area (Å²) in [5, 5.41) is 0. The summed E-state index contributed by atoms with van der Waals surface area (Å²) in [6.07, 6.45) is 2.64. The number of H-pyrrole nitrogens is 1. The fourth-order valence-electron chi connectivity index (χ4n) is 1.23. The van der Waals surface area contributed by atoms with Crippen molar-refractivity contribution in [2.75, 3.05) is 0 Å². The Morgan fingerprint density at radius 1 is 1.62 bits per heavy atom. The fourth-order valence-corrected chi connectivity index (χ4v) is 1.41. The lowest BCUT2D eigenvalue weighted by Crippen LogP contribution is -2.14. The number of hydrogen-bond acceptors (Lipinski definition) is 3. The van der Waals surface area contributed by atoms with Crippen LogP contribution in [-0.2, 0) is 0 Å². The summed E-state index contributed by atoms with van der Waals surface area (Å²) in [6, 6.07) is 1.91. The Bertz CT molecular complexity index is 319. The molecule has 0 aliphatic heterocycles. The Kier molecular flexibility index (Phi) is 3.57. The molecule has 4 heteroatoms. The summed E-state index contributed by atoms with van der Waals surface area (Å²) in [7, 11) is 0. The van der Waals surface area contributed by atoms with Crippen LogP contribution in [0.1, 0.15) is 32.0 Å². The molecule has 0 unspecified atom stereocenters. The van der Waals surface area contributed by atoms with E-state index in [0.29, 0.717) is 10.7 Å². The van der Waals surface area contributed by atoms with Gasteiger partial charge in [-0.15, -0.1) is 0 Å². The maximum Gasteiger partial charge on any atom is 0.196 e. The van der Waals surface area contributed by atoms with Gasteiger partial charge >= 0.3 is 0 Å². The predicted octanol–water partition coefficient (Wildman–Crippen LogP) is 2.19. The van der Waals surface area contributed by atoms with Crippen LogP contribution in [0.25, 0.3) is 0 Å². The Labute approximate surface area is 83.4 Å². The standard InChI is InChI=1S/C9H15N3S/c1-6(2)5-7(10)8-3-4-11-9(13)12-8/h3-4,6-7H,5,10H2,1-2H3,(H,11,12,13)/t7-/m1/s1. The lowest BCUT2D eigenvalue weighted by atomic mass is 10.0. The monoisotopic (exact) mass is 197 g/mol. The molecule has 3 N–H and O–H groups in total. The van der Waals surface area contributed by atoms with Gasteiger partial charge in [-0.05, 0) is 30.6 Å². The molecule has 0 amide bonds. The van der Waals surface area contributed by atoms with Gasteiger partial charge in [0.05, 0.1) is 0 Å². The molecule has 1 atom stereocenters.